The van der Waals surface area contributed by atoms with Gasteiger partial charge in [-0.1, -0.05) is 36.9 Å². The zero-order chi connectivity index (χ0) is 11.6. The second kappa shape index (κ2) is 4.72. The molecule has 0 unspecified atom stereocenters. The summed E-state index contributed by atoms with van der Waals surface area (Å²) in [5.74, 6) is -0.336. The summed E-state index contributed by atoms with van der Waals surface area (Å²) in [6, 6.07) is 5.11. The van der Waals surface area contributed by atoms with Gasteiger partial charge in [-0.25, -0.2) is 4.39 Å². The number of nitrogens with two attached hydrogens (primary N) is 1. The van der Waals surface area contributed by atoms with E-state index in [4.69, 9.17) is 17.3 Å². The smallest absolute Gasteiger partial charge is 0.142 e. The van der Waals surface area contributed by atoms with Crippen LogP contribution in [0.1, 0.15) is 37.7 Å². The highest BCUT2D eigenvalue weighted by atomic mass is 35.5. The first-order valence-electron chi connectivity index (χ1n) is 5.83. The van der Waals surface area contributed by atoms with Crippen molar-refractivity contribution in [1.82, 2.24) is 0 Å². The second-order valence-corrected chi connectivity index (χ2v) is 5.08. The molecule has 1 saturated carbocycles. The summed E-state index contributed by atoms with van der Waals surface area (Å²) in [7, 11) is 0. The van der Waals surface area contributed by atoms with Crippen molar-refractivity contribution in [3.8, 4) is 0 Å². The van der Waals surface area contributed by atoms with Gasteiger partial charge in [0.05, 0.1) is 5.02 Å². The molecule has 3 heteroatoms. The maximum atomic E-state index is 13.5. The van der Waals surface area contributed by atoms with Gasteiger partial charge in [-0.15, -0.1) is 0 Å². The minimum absolute atomic E-state index is 0.0241. The fourth-order valence-corrected chi connectivity index (χ4v) is 2.78. The molecule has 0 spiro atoms. The summed E-state index contributed by atoms with van der Waals surface area (Å²) in [6.07, 6.45) is 5.75. The van der Waals surface area contributed by atoms with Gasteiger partial charge >= 0.3 is 0 Å². The van der Waals surface area contributed by atoms with E-state index in [0.29, 0.717) is 6.54 Å². The summed E-state index contributed by atoms with van der Waals surface area (Å²) in [4.78, 5) is 0. The van der Waals surface area contributed by atoms with Crippen LogP contribution in [0.3, 0.4) is 0 Å². The normalized spacial score (nSPS) is 19.7. The Morgan fingerprint density at radius 2 is 1.94 bits per heavy atom. The highest BCUT2D eigenvalue weighted by Gasteiger charge is 2.32. The molecule has 0 aliphatic heterocycles. The van der Waals surface area contributed by atoms with Crippen LogP contribution in [0.15, 0.2) is 18.2 Å². The Bertz CT molecular complexity index is 372. The molecule has 2 N–H and O–H groups in total. The van der Waals surface area contributed by atoms with Crippen LogP contribution in [0.2, 0.25) is 5.02 Å². The van der Waals surface area contributed by atoms with Crippen LogP contribution in [0.5, 0.6) is 0 Å². The molecule has 1 fully saturated rings. The molecule has 16 heavy (non-hydrogen) atoms. The molecule has 2 rings (SSSR count). The molecule has 1 aliphatic rings. The second-order valence-electron chi connectivity index (χ2n) is 4.67. The molecule has 0 saturated heterocycles. The first-order valence-corrected chi connectivity index (χ1v) is 6.21. The van der Waals surface area contributed by atoms with Gasteiger partial charge in [0.2, 0.25) is 0 Å². The topological polar surface area (TPSA) is 26.0 Å². The first-order chi connectivity index (χ1) is 7.68. The van der Waals surface area contributed by atoms with Crippen LogP contribution in [0.4, 0.5) is 4.39 Å². The third-order valence-corrected chi connectivity index (χ3v) is 4.04. The van der Waals surface area contributed by atoms with E-state index in [1.54, 1.807) is 12.1 Å². The molecule has 0 bridgehead atoms. The van der Waals surface area contributed by atoms with Crippen LogP contribution in [-0.2, 0) is 5.41 Å². The third-order valence-electron chi connectivity index (χ3n) is 3.73. The van der Waals surface area contributed by atoms with Gasteiger partial charge in [-0.05, 0) is 30.5 Å². The summed E-state index contributed by atoms with van der Waals surface area (Å²) in [5, 5.41) is 0.187. The lowest BCUT2D eigenvalue weighted by Gasteiger charge is -2.36. The van der Waals surface area contributed by atoms with E-state index < -0.39 is 0 Å². The van der Waals surface area contributed by atoms with Gasteiger partial charge in [-0.3, -0.25) is 0 Å². The van der Waals surface area contributed by atoms with E-state index in [9.17, 15) is 4.39 Å². The fourth-order valence-electron chi connectivity index (χ4n) is 2.67. The van der Waals surface area contributed by atoms with E-state index in [2.05, 4.69) is 0 Å². The Hall–Kier alpha value is -0.600. The Kier molecular flexibility index (Phi) is 3.50. The van der Waals surface area contributed by atoms with Crippen molar-refractivity contribution < 1.29 is 4.39 Å². The Morgan fingerprint density at radius 1 is 1.25 bits per heavy atom. The average molecular weight is 242 g/mol. The minimum Gasteiger partial charge on any atom is -0.330 e. The van der Waals surface area contributed by atoms with Crippen LogP contribution in [-0.4, -0.2) is 6.54 Å². The molecule has 1 aromatic rings. The van der Waals surface area contributed by atoms with E-state index in [1.165, 1.54) is 19.3 Å². The van der Waals surface area contributed by atoms with Crippen molar-refractivity contribution in [2.75, 3.05) is 6.54 Å². The zero-order valence-electron chi connectivity index (χ0n) is 9.31. The predicted molar refractivity (Wildman–Crippen MR) is 65.2 cm³/mol. The number of halogens is 2. The molecular weight excluding hydrogens is 225 g/mol. The summed E-state index contributed by atoms with van der Waals surface area (Å²) in [5.41, 5.74) is 6.89. The maximum Gasteiger partial charge on any atom is 0.142 e. The van der Waals surface area contributed by atoms with Crippen LogP contribution >= 0.6 is 11.6 Å². The largest absolute Gasteiger partial charge is 0.330 e. The van der Waals surface area contributed by atoms with Gasteiger partial charge in [0, 0.05) is 12.0 Å². The van der Waals surface area contributed by atoms with Gasteiger partial charge < -0.3 is 5.73 Å². The van der Waals surface area contributed by atoms with Crippen molar-refractivity contribution in [3.05, 3.63) is 34.6 Å². The molecule has 0 heterocycles. The molecule has 1 aliphatic carbocycles. The number of hydrogen-bond acceptors (Lipinski definition) is 1. The zero-order valence-corrected chi connectivity index (χ0v) is 10.1. The van der Waals surface area contributed by atoms with Crippen LogP contribution in [0.25, 0.3) is 0 Å². The average Bonchev–Trinajstić information content (AvgIpc) is 2.33. The van der Waals surface area contributed by atoms with Crippen molar-refractivity contribution in [2.24, 2.45) is 5.73 Å². The van der Waals surface area contributed by atoms with Gasteiger partial charge in [0.25, 0.3) is 0 Å². The highest BCUT2D eigenvalue weighted by molar-refractivity contribution is 6.30. The van der Waals surface area contributed by atoms with Crippen molar-refractivity contribution >= 4 is 11.6 Å². The Labute approximate surface area is 101 Å². The lowest BCUT2D eigenvalue weighted by molar-refractivity contribution is 0.300. The van der Waals surface area contributed by atoms with E-state index >= 15 is 0 Å². The number of hydrogen-bond donors (Lipinski definition) is 1. The molecule has 0 atom stereocenters. The summed E-state index contributed by atoms with van der Waals surface area (Å²) in [6.45, 7) is 0.591. The molecule has 0 aromatic heterocycles. The van der Waals surface area contributed by atoms with Crippen molar-refractivity contribution in [3.63, 3.8) is 0 Å². The number of benzene rings is 1. The van der Waals surface area contributed by atoms with Crippen molar-refractivity contribution in [1.29, 1.82) is 0 Å². The van der Waals surface area contributed by atoms with E-state index in [-0.39, 0.29) is 16.3 Å². The van der Waals surface area contributed by atoms with Crippen LogP contribution < -0.4 is 5.73 Å². The lowest BCUT2D eigenvalue weighted by atomic mass is 9.69. The molecular formula is C13H17ClFN. The molecule has 0 radical (unpaired) electrons. The molecule has 1 aromatic carbocycles. The Morgan fingerprint density at radius 3 is 2.50 bits per heavy atom. The van der Waals surface area contributed by atoms with Gasteiger partial charge in [0.15, 0.2) is 0 Å². The maximum absolute atomic E-state index is 13.5. The fraction of sp³-hybridized carbons (Fsp3) is 0.538. The first kappa shape index (κ1) is 11.9. The predicted octanol–water partition coefficient (Wildman–Crippen LogP) is 3.64. The summed E-state index contributed by atoms with van der Waals surface area (Å²) >= 11 is 5.70. The SMILES string of the molecule is NCC1(c2ccc(Cl)c(F)c2)CCCCC1. The summed E-state index contributed by atoms with van der Waals surface area (Å²) < 4.78 is 13.5. The van der Waals surface area contributed by atoms with Gasteiger partial charge in [-0.2, -0.15) is 0 Å². The van der Waals surface area contributed by atoms with Crippen molar-refractivity contribution in [2.45, 2.75) is 37.5 Å². The monoisotopic (exact) mass is 241 g/mol. The minimum atomic E-state index is -0.336. The van der Waals surface area contributed by atoms with E-state index in [1.807, 2.05) is 6.07 Å². The third kappa shape index (κ3) is 2.09. The number of rotatable bonds is 2. The molecule has 1 nitrogen and oxygen atoms in total. The van der Waals surface area contributed by atoms with E-state index in [0.717, 1.165) is 18.4 Å². The lowest BCUT2D eigenvalue weighted by Crippen LogP contribution is -2.37. The molecule has 88 valence electrons. The quantitative estimate of drug-likeness (QED) is 0.841. The van der Waals surface area contributed by atoms with Crippen LogP contribution in [0, 0.1) is 5.82 Å². The molecule has 0 amide bonds. The highest BCUT2D eigenvalue weighted by Crippen LogP contribution is 2.39. The van der Waals surface area contributed by atoms with Gasteiger partial charge in [0.1, 0.15) is 5.82 Å². The standard InChI is InChI=1S/C13H17ClFN/c14-11-5-4-10(8-12(11)15)13(9-16)6-2-1-3-7-13/h4-5,8H,1-3,6-7,9,16H2. The Balaban J connectivity index is 2.35.